The zero-order valence-corrected chi connectivity index (χ0v) is 68.5. The molecular formula is C84H84ClN19O18. The lowest BCUT2D eigenvalue weighted by Crippen LogP contribution is -2.14. The highest BCUT2D eigenvalue weighted by Gasteiger charge is 2.18. The molecule has 5 aromatic carbocycles. The van der Waals surface area contributed by atoms with Gasteiger partial charge in [0.1, 0.15) is 34.4 Å². The van der Waals surface area contributed by atoms with E-state index in [-0.39, 0.29) is 41.9 Å². The number of carbonyl (C=O) groups is 8. The molecule has 0 saturated carbocycles. The first kappa shape index (κ1) is 91.4. The molecule has 38 heteroatoms. The predicted octanol–water partition coefficient (Wildman–Crippen LogP) is 12.3. The first-order chi connectivity index (χ1) is 58.9. The molecule has 0 radical (unpaired) electrons. The smallest absolute Gasteiger partial charge is 0.391 e. The van der Waals surface area contributed by atoms with Gasteiger partial charge in [-0.3, -0.25) is 42.0 Å². The van der Waals surface area contributed by atoms with Crippen molar-refractivity contribution in [3.63, 3.8) is 0 Å². The van der Waals surface area contributed by atoms with Crippen LogP contribution in [-0.2, 0) is 38.1 Å². The number of amides is 1. The quantitative estimate of drug-likeness (QED) is 0.0141. The van der Waals surface area contributed by atoms with E-state index in [0.29, 0.717) is 64.9 Å². The number of pyridine rings is 2. The highest BCUT2D eigenvalue weighted by atomic mass is 35.5. The molecule has 122 heavy (non-hydrogen) atoms. The predicted molar refractivity (Wildman–Crippen MR) is 455 cm³/mol. The van der Waals surface area contributed by atoms with Gasteiger partial charge in [0, 0.05) is 73.7 Å². The van der Waals surface area contributed by atoms with Gasteiger partial charge in [-0.05, 0) is 168 Å². The molecule has 16 aromatic rings. The van der Waals surface area contributed by atoms with Gasteiger partial charge in [-0.15, -0.1) is 6.58 Å². The summed E-state index contributed by atoms with van der Waals surface area (Å²) in [4.78, 5) is 136. The van der Waals surface area contributed by atoms with Crippen LogP contribution in [0.3, 0.4) is 0 Å². The number of hydrogen-bond donors (Lipinski definition) is 5. The van der Waals surface area contributed by atoms with Crippen molar-refractivity contribution in [3.8, 4) is 28.7 Å². The number of hydrogen-bond acceptors (Lipinski definition) is 30. The van der Waals surface area contributed by atoms with Gasteiger partial charge in [-0.1, -0.05) is 12.2 Å². The lowest BCUT2D eigenvalue weighted by Gasteiger charge is -2.04. The van der Waals surface area contributed by atoms with E-state index in [2.05, 4.69) is 81.2 Å². The van der Waals surface area contributed by atoms with Crippen LogP contribution in [-0.4, -0.2) is 191 Å². The maximum absolute atomic E-state index is 12.3. The number of H-pyrrole nitrogens is 1. The number of esters is 4. The van der Waals surface area contributed by atoms with E-state index in [1.54, 1.807) is 183 Å². The Kier molecular flexibility index (Phi) is 34.1. The largest absolute Gasteiger partial charge is 0.497 e. The number of carbonyl (C=O) groups excluding carboxylic acids is 7. The molecule has 37 nitrogen and oxygen atoms in total. The molecule has 630 valence electrons. The number of aromatic nitrogens is 16. The molecule has 11 aromatic heterocycles. The molecular weight excluding hydrogens is 1600 g/mol. The second-order valence-corrected chi connectivity index (χ2v) is 24.4. The van der Waals surface area contributed by atoms with Crippen molar-refractivity contribution in [2.24, 2.45) is 0 Å². The fraction of sp³-hybridized carbons (Fsp3) is 0.179. The molecule has 7 N–H and O–H groups in total. The third kappa shape index (κ3) is 25.0. The number of aromatic carboxylic acids is 1. The lowest BCUT2D eigenvalue weighted by atomic mass is 10.3. The molecule has 1 amide bonds. The van der Waals surface area contributed by atoms with E-state index in [4.69, 9.17) is 61.3 Å². The summed E-state index contributed by atoms with van der Waals surface area (Å²) in [7, 11) is 8.03. The van der Waals surface area contributed by atoms with Crippen LogP contribution in [0.25, 0.3) is 78.3 Å². The topological polar surface area (TPSA) is 479 Å². The number of allylic oxidation sites excluding steroid dienone is 2. The number of rotatable bonds is 17. The number of imidazole rings is 5. The number of fused-ring (bicyclic) bond motifs is 13. The molecule has 0 saturated heterocycles. The average molecular weight is 1680 g/mol. The van der Waals surface area contributed by atoms with Crippen LogP contribution in [0.15, 0.2) is 214 Å². The summed E-state index contributed by atoms with van der Waals surface area (Å²) in [6.45, 7) is 14.7. The normalized spacial score (nSPS) is 10.3. The van der Waals surface area contributed by atoms with Crippen molar-refractivity contribution >= 4 is 154 Å². The number of benzene rings is 5. The highest BCUT2D eigenvalue weighted by molar-refractivity contribution is 6.80. The van der Waals surface area contributed by atoms with Gasteiger partial charge in [0.05, 0.1) is 135 Å². The van der Waals surface area contributed by atoms with Gasteiger partial charge in [0.15, 0.2) is 23.0 Å². The van der Waals surface area contributed by atoms with E-state index in [0.717, 1.165) is 72.6 Å². The second-order valence-electron chi connectivity index (χ2n) is 24.0. The fourth-order valence-electron chi connectivity index (χ4n) is 10.5. The van der Waals surface area contributed by atoms with Gasteiger partial charge in [0.25, 0.3) is 11.7 Å². The van der Waals surface area contributed by atoms with Gasteiger partial charge in [0.2, 0.25) is 23.1 Å². The monoisotopic (exact) mass is 1680 g/mol. The molecule has 0 fully saturated rings. The van der Waals surface area contributed by atoms with E-state index in [1.807, 2.05) is 101 Å². The first-order valence-corrected chi connectivity index (χ1v) is 37.1. The zero-order valence-electron chi connectivity index (χ0n) is 67.8. The van der Waals surface area contributed by atoms with E-state index >= 15 is 0 Å². The summed E-state index contributed by atoms with van der Waals surface area (Å²) in [6.07, 6.45) is 17.9. The van der Waals surface area contributed by atoms with Crippen LogP contribution in [0.5, 0.6) is 28.7 Å². The highest BCUT2D eigenvalue weighted by Crippen LogP contribution is 2.27. The Balaban J connectivity index is 0.000000177. The van der Waals surface area contributed by atoms with Gasteiger partial charge >= 0.3 is 35.1 Å². The number of methoxy groups -OCH3 is 5. The number of aromatic amines is 1. The Labute approximate surface area is 699 Å². The number of ether oxygens (including phenoxy) is 9. The Bertz CT molecular complexity index is 6350. The van der Waals surface area contributed by atoms with Crippen molar-refractivity contribution in [3.05, 3.63) is 237 Å². The number of carboxylic acids is 1. The molecule has 0 spiro atoms. The summed E-state index contributed by atoms with van der Waals surface area (Å²) in [5.74, 6) is 1.19. The molecule has 0 unspecified atom stereocenters. The molecule has 11 heterocycles. The lowest BCUT2D eigenvalue weighted by molar-refractivity contribution is -0.151. The number of ketones is 1. The third-order valence-electron chi connectivity index (χ3n) is 15.9. The van der Waals surface area contributed by atoms with E-state index < -0.39 is 40.9 Å². The molecule has 0 atom stereocenters. The summed E-state index contributed by atoms with van der Waals surface area (Å²) < 4.78 is 51.4. The summed E-state index contributed by atoms with van der Waals surface area (Å²) in [5.41, 5.74) is 21.2. The number of halogens is 1. The van der Waals surface area contributed by atoms with E-state index in [1.165, 1.54) is 18.2 Å². The Morgan fingerprint density at radius 1 is 0.459 bits per heavy atom. The Morgan fingerprint density at radius 3 is 1.25 bits per heavy atom. The number of nitrogens with one attached hydrogen (secondary N) is 2. The second kappa shape index (κ2) is 45.4. The van der Waals surface area contributed by atoms with Gasteiger partial charge in [-0.25, -0.2) is 68.8 Å². The third-order valence-corrected chi connectivity index (χ3v) is 16.0. The SMILES string of the molecule is C/C=C/C(=O)C(=O)OCC.C=CC.CCOC(=O)C(=O)Cl.CCOC(=O)c1ccn2c(n1)nc1cc(OC)ccc12.CCOC(=O)c1ccn2c(n1)nc1ccc(OC)cc12.COc1ccc2c(c1)nc1nc(C(=O)Nc3cccnc3)ccn12.COc1ccc2c(c1)nc1nc(C(=O)O)ccn12.COc1ccc2nc(N)[nH]c2c1.Nc1cccnc1. The van der Waals surface area contributed by atoms with Gasteiger partial charge < -0.3 is 69.5 Å². The zero-order chi connectivity index (χ0) is 88.4. The number of nitrogen functional groups attached to an aromatic ring is 2. The molecule has 0 aliphatic heterocycles. The van der Waals surface area contributed by atoms with Gasteiger partial charge in [-0.2, -0.15) is 0 Å². The van der Waals surface area contributed by atoms with Crippen molar-refractivity contribution in [1.82, 2.24) is 77.4 Å². The summed E-state index contributed by atoms with van der Waals surface area (Å²) in [5, 5.41) is 10.6. The van der Waals surface area contributed by atoms with E-state index in [9.17, 15) is 38.4 Å². The number of anilines is 3. The minimum Gasteiger partial charge on any atom is -0.497 e. The maximum Gasteiger partial charge on any atom is 0.391 e. The average Bonchev–Trinajstić information content (AvgIpc) is 1.65. The minimum absolute atomic E-state index is 0.0234. The van der Waals surface area contributed by atoms with Crippen LogP contribution < -0.4 is 40.5 Å². The van der Waals surface area contributed by atoms with Crippen molar-refractivity contribution in [1.29, 1.82) is 0 Å². The molecule has 16 rings (SSSR count). The maximum atomic E-state index is 12.3. The van der Waals surface area contributed by atoms with Crippen LogP contribution in [0.1, 0.15) is 83.5 Å². The number of nitrogens with two attached hydrogens (primary N) is 2. The minimum atomic E-state index is -1.08. The molecule has 0 bridgehead atoms. The van der Waals surface area contributed by atoms with Crippen LogP contribution >= 0.6 is 11.6 Å². The van der Waals surface area contributed by atoms with Crippen LogP contribution in [0.2, 0.25) is 0 Å². The number of nitrogens with zero attached hydrogens (tertiary/aromatic N) is 15. The summed E-state index contributed by atoms with van der Waals surface area (Å²) >= 11 is 4.69. The Hall–Kier alpha value is -16.1. The molecule has 0 aliphatic rings. The van der Waals surface area contributed by atoms with Crippen molar-refractivity contribution in [2.75, 3.05) is 78.8 Å². The van der Waals surface area contributed by atoms with Crippen molar-refractivity contribution < 1.29 is 86.1 Å². The van der Waals surface area contributed by atoms with Crippen molar-refractivity contribution in [2.45, 2.75) is 41.5 Å². The summed E-state index contributed by atoms with van der Waals surface area (Å²) in [6, 6.07) is 41.2. The number of carboxylic acid groups (broad SMARTS) is 1. The fourth-order valence-corrected chi connectivity index (χ4v) is 10.5. The Morgan fingerprint density at radius 2 is 0.852 bits per heavy atom. The molecule has 0 aliphatic carbocycles. The van der Waals surface area contributed by atoms with Crippen LogP contribution in [0, 0.1) is 0 Å². The standard InChI is InChI=1S/C17H13N5O2.2C14H13N3O3.C12H9N3O3.C8H9N3O.C7H10O3.C5H6N2.C4H5ClO3.C3H6/c1-24-12-4-5-15-14(9-12)21-17-20-13(6-8-22(15)17)16(23)19-11-3-2-7-18-10-11;1-3-20-13(18)10-6-7-17-12-5-4-9(19-2)8-11(12)16-14(17)15-10;1-3-20-13(18)11-6-7-17-12-8-9(19-2)4-5-10(12)15-14(17)16-11;1-18-7-2-3-10-9(6-7)14-12-13-8(11(16)17)4-5-15(10)12;1-12-5-2-3-6-7(4-5)11-8(9)10-6;1-3-5-6(8)7(9)10-4-2;6-5-2-1-3-7-4-5;1-2-8-4(7)3(5)6;1-3-2/h2-10H,1H3,(H,19,23);2*4-8H,3H2,1-2H3;2-6H,1H3,(H,16,17);2-4H,1H3,(H3,9,10,11);3,5H,4H2,1-2H3;1-4H,6H2;2H2,1H3;3H,1H2,2H3/b;;;;;5-3+;;;. The first-order valence-electron chi connectivity index (χ1n) is 36.7. The van der Waals surface area contributed by atoms with Crippen LogP contribution in [0.4, 0.5) is 17.3 Å².